The molecule has 0 aliphatic heterocycles. The molecule has 21 heavy (non-hydrogen) atoms. The van der Waals surface area contributed by atoms with Crippen molar-refractivity contribution in [2.75, 3.05) is 0 Å². The normalized spacial score (nSPS) is 12.2. The van der Waals surface area contributed by atoms with E-state index in [1.165, 1.54) is 24.0 Å². The van der Waals surface area contributed by atoms with Gasteiger partial charge in [-0.25, -0.2) is 0 Å². The van der Waals surface area contributed by atoms with Crippen LogP contribution in [0.15, 0.2) is 36.3 Å². The average Bonchev–Trinajstić information content (AvgIpc) is 2.43. The Balaban J connectivity index is 2.95. The minimum Gasteiger partial charge on any atom is -0.405 e. The van der Waals surface area contributed by atoms with Gasteiger partial charge in [-0.1, -0.05) is 49.7 Å². The van der Waals surface area contributed by atoms with E-state index in [2.05, 4.69) is 37.2 Å². The molecule has 0 atom stereocenters. The summed E-state index contributed by atoms with van der Waals surface area (Å²) in [5.74, 6) is 2.14. The summed E-state index contributed by atoms with van der Waals surface area (Å²) in [6.45, 7) is 10.4. The molecule has 0 heterocycles. The number of allylic oxidation sites excluding steroid dienone is 1. The van der Waals surface area contributed by atoms with Gasteiger partial charge in [0.15, 0.2) is 0 Å². The maximum atomic E-state index is 5.89. The third-order valence-corrected chi connectivity index (χ3v) is 3.09. The van der Waals surface area contributed by atoms with Crippen LogP contribution in [0.1, 0.15) is 59.4 Å². The van der Waals surface area contributed by atoms with E-state index in [0.29, 0.717) is 0 Å². The molecule has 0 radical (unpaired) electrons. The molecular weight excluding hydrogens is 259 g/mol. The maximum absolute atomic E-state index is 5.89. The summed E-state index contributed by atoms with van der Waals surface area (Å²) in [6.07, 6.45) is 3.71. The van der Waals surface area contributed by atoms with Crippen molar-refractivity contribution in [2.45, 2.75) is 66.1 Å². The first kappa shape index (κ1) is 18.0. The highest BCUT2D eigenvalue weighted by Gasteiger charge is 2.20. The first-order valence-corrected chi connectivity index (χ1v) is 8.10. The van der Waals surface area contributed by atoms with Gasteiger partial charge in [-0.05, 0) is 51.7 Å². The minimum atomic E-state index is -0.280. The third kappa shape index (κ3) is 7.49. The van der Waals surface area contributed by atoms with Crippen molar-refractivity contribution in [2.24, 2.45) is 0 Å². The quantitative estimate of drug-likeness (QED) is 0.586. The van der Waals surface area contributed by atoms with E-state index in [1.807, 2.05) is 33.8 Å². The standard InChI is InChI=1S/C18H29BO2/c1-6-7-11-18(17-12-9-8-10-13-17)14-19(20-15(2)3)21-16(4)5/h8-10,12-16H,6-7,11H2,1-5H3/b18-14-. The molecule has 2 nitrogen and oxygen atoms in total. The highest BCUT2D eigenvalue weighted by atomic mass is 16.6. The van der Waals surface area contributed by atoms with Crippen molar-refractivity contribution in [3.63, 3.8) is 0 Å². The lowest BCUT2D eigenvalue weighted by atomic mass is 9.82. The molecule has 3 heteroatoms. The van der Waals surface area contributed by atoms with Crippen LogP contribution < -0.4 is 0 Å². The monoisotopic (exact) mass is 288 g/mol. The number of rotatable bonds is 9. The maximum Gasteiger partial charge on any atom is 0.486 e. The minimum absolute atomic E-state index is 0.146. The highest BCUT2D eigenvalue weighted by Crippen LogP contribution is 2.22. The van der Waals surface area contributed by atoms with Crippen LogP contribution in [0.2, 0.25) is 0 Å². The van der Waals surface area contributed by atoms with Gasteiger partial charge < -0.3 is 9.31 Å². The Morgan fingerprint density at radius 1 is 1.05 bits per heavy atom. The van der Waals surface area contributed by atoms with Crippen LogP contribution >= 0.6 is 0 Å². The van der Waals surface area contributed by atoms with E-state index >= 15 is 0 Å². The van der Waals surface area contributed by atoms with Crippen LogP contribution in [-0.4, -0.2) is 19.3 Å². The van der Waals surface area contributed by atoms with Gasteiger partial charge in [0.1, 0.15) is 0 Å². The lowest BCUT2D eigenvalue weighted by molar-refractivity contribution is 0.138. The summed E-state index contributed by atoms with van der Waals surface area (Å²) in [6, 6.07) is 10.5. The Morgan fingerprint density at radius 3 is 2.10 bits per heavy atom. The Morgan fingerprint density at radius 2 is 1.62 bits per heavy atom. The van der Waals surface area contributed by atoms with Crippen molar-refractivity contribution in [1.82, 2.24) is 0 Å². The first-order valence-electron chi connectivity index (χ1n) is 8.10. The van der Waals surface area contributed by atoms with E-state index in [-0.39, 0.29) is 19.3 Å². The van der Waals surface area contributed by atoms with Gasteiger partial charge in [-0.15, -0.1) is 0 Å². The van der Waals surface area contributed by atoms with Crippen LogP contribution in [-0.2, 0) is 9.31 Å². The fourth-order valence-electron chi connectivity index (χ4n) is 2.15. The summed E-state index contributed by atoms with van der Waals surface area (Å²) >= 11 is 0. The van der Waals surface area contributed by atoms with E-state index in [4.69, 9.17) is 9.31 Å². The van der Waals surface area contributed by atoms with E-state index in [9.17, 15) is 0 Å². The van der Waals surface area contributed by atoms with Gasteiger partial charge in [-0.2, -0.15) is 0 Å². The molecular formula is C18H29BO2. The summed E-state index contributed by atoms with van der Waals surface area (Å²) in [4.78, 5) is 0. The van der Waals surface area contributed by atoms with Crippen molar-refractivity contribution >= 4 is 12.7 Å². The fraction of sp³-hybridized carbons (Fsp3) is 0.556. The van der Waals surface area contributed by atoms with Crippen molar-refractivity contribution in [1.29, 1.82) is 0 Å². The lowest BCUT2D eigenvalue weighted by Crippen LogP contribution is -2.28. The molecule has 1 rings (SSSR count). The van der Waals surface area contributed by atoms with Gasteiger partial charge in [0.25, 0.3) is 0 Å². The number of hydrogen-bond acceptors (Lipinski definition) is 2. The predicted molar refractivity (Wildman–Crippen MR) is 92.1 cm³/mol. The molecule has 0 fully saturated rings. The number of hydrogen-bond donors (Lipinski definition) is 0. The summed E-state index contributed by atoms with van der Waals surface area (Å²) in [5, 5.41) is 0. The van der Waals surface area contributed by atoms with Gasteiger partial charge in [-0.3, -0.25) is 0 Å². The molecule has 0 amide bonds. The molecule has 0 saturated heterocycles. The predicted octanol–water partition coefficient (Wildman–Crippen LogP) is 5.14. The van der Waals surface area contributed by atoms with Crippen molar-refractivity contribution < 1.29 is 9.31 Å². The first-order chi connectivity index (χ1) is 10.0. The van der Waals surface area contributed by atoms with E-state index < -0.39 is 0 Å². The van der Waals surface area contributed by atoms with Crippen LogP contribution in [0.25, 0.3) is 5.57 Å². The average molecular weight is 288 g/mol. The molecule has 0 saturated carbocycles. The Hall–Kier alpha value is -1.06. The van der Waals surface area contributed by atoms with Gasteiger partial charge in [0.05, 0.1) is 0 Å². The summed E-state index contributed by atoms with van der Waals surface area (Å²) < 4.78 is 11.8. The van der Waals surface area contributed by atoms with Gasteiger partial charge >= 0.3 is 7.12 Å². The van der Waals surface area contributed by atoms with E-state index in [0.717, 1.165) is 6.42 Å². The molecule has 1 aromatic carbocycles. The molecule has 0 aromatic heterocycles. The molecule has 0 unspecified atom stereocenters. The Bertz CT molecular complexity index is 402. The zero-order valence-corrected chi connectivity index (χ0v) is 14.1. The SMILES string of the molecule is CCCC/C(=C/B(OC(C)C)OC(C)C)c1ccccc1. The van der Waals surface area contributed by atoms with Crippen LogP contribution in [0.4, 0.5) is 0 Å². The zero-order valence-electron chi connectivity index (χ0n) is 14.1. The van der Waals surface area contributed by atoms with Crippen LogP contribution in [0, 0.1) is 0 Å². The van der Waals surface area contributed by atoms with Crippen LogP contribution in [0.5, 0.6) is 0 Å². The Kier molecular flexibility index (Phi) is 8.40. The van der Waals surface area contributed by atoms with Gasteiger partial charge in [0.2, 0.25) is 0 Å². The topological polar surface area (TPSA) is 18.5 Å². The largest absolute Gasteiger partial charge is 0.486 e. The lowest BCUT2D eigenvalue weighted by Gasteiger charge is -2.18. The smallest absolute Gasteiger partial charge is 0.405 e. The molecule has 0 aliphatic carbocycles. The van der Waals surface area contributed by atoms with Crippen LogP contribution in [0.3, 0.4) is 0 Å². The third-order valence-electron chi connectivity index (χ3n) is 3.09. The Labute approximate surface area is 130 Å². The van der Waals surface area contributed by atoms with Crippen molar-refractivity contribution in [3.8, 4) is 0 Å². The summed E-state index contributed by atoms with van der Waals surface area (Å²) in [5.41, 5.74) is 2.57. The molecule has 116 valence electrons. The molecule has 0 bridgehead atoms. The fourth-order valence-corrected chi connectivity index (χ4v) is 2.15. The summed E-state index contributed by atoms with van der Waals surface area (Å²) in [7, 11) is -0.280. The number of benzene rings is 1. The second kappa shape index (κ2) is 9.80. The second-order valence-electron chi connectivity index (χ2n) is 5.90. The molecule has 1 aromatic rings. The second-order valence-corrected chi connectivity index (χ2v) is 5.90. The highest BCUT2D eigenvalue weighted by molar-refractivity contribution is 6.52. The van der Waals surface area contributed by atoms with Crippen molar-refractivity contribution in [3.05, 3.63) is 41.9 Å². The number of unbranched alkanes of at least 4 members (excludes halogenated alkanes) is 1. The molecule has 0 aliphatic rings. The van der Waals surface area contributed by atoms with E-state index in [1.54, 1.807) is 0 Å². The zero-order chi connectivity index (χ0) is 15.7. The van der Waals surface area contributed by atoms with Gasteiger partial charge in [0, 0.05) is 12.2 Å². The molecule has 0 N–H and O–H groups in total. The molecule has 0 spiro atoms.